The van der Waals surface area contributed by atoms with Gasteiger partial charge in [-0.05, 0) is 85.5 Å². The van der Waals surface area contributed by atoms with Gasteiger partial charge in [0, 0.05) is 51.0 Å². The fraction of sp³-hybridized carbons (Fsp3) is 0.176. The molecule has 0 saturated carbocycles. The van der Waals surface area contributed by atoms with Gasteiger partial charge < -0.3 is 9.47 Å². The first-order valence-electron chi connectivity index (χ1n) is 20.0. The van der Waals surface area contributed by atoms with E-state index in [1.165, 1.54) is 12.1 Å². The zero-order valence-corrected chi connectivity index (χ0v) is 33.8. The van der Waals surface area contributed by atoms with Gasteiger partial charge in [0.1, 0.15) is 0 Å². The van der Waals surface area contributed by atoms with Gasteiger partial charge in [0.05, 0.1) is 50.9 Å². The first kappa shape index (κ1) is 40.9. The summed E-state index contributed by atoms with van der Waals surface area (Å²) in [6, 6.07) is 40.5. The van der Waals surface area contributed by atoms with E-state index in [4.69, 9.17) is 4.98 Å². The van der Waals surface area contributed by atoms with E-state index in [0.717, 1.165) is 34.0 Å². The third kappa shape index (κ3) is 7.39. The van der Waals surface area contributed by atoms with Crippen LogP contribution in [0.5, 0.6) is 0 Å². The van der Waals surface area contributed by atoms with Crippen LogP contribution in [-0.2, 0) is 12.4 Å². The van der Waals surface area contributed by atoms with Crippen LogP contribution in [0.1, 0.15) is 49.4 Å². The van der Waals surface area contributed by atoms with Crippen LogP contribution in [-0.4, -0.2) is 15.6 Å². The van der Waals surface area contributed by atoms with E-state index in [-0.39, 0.29) is 28.4 Å². The summed E-state index contributed by atoms with van der Waals surface area (Å²) in [5.41, 5.74) is 1.59. The number of aryl methyl sites for hydroxylation is 1. The molecule has 2 heterocycles. The Bertz CT molecular complexity index is 2930. The molecule has 0 radical (unpaired) electrons. The van der Waals surface area contributed by atoms with Gasteiger partial charge in [-0.15, -0.1) is 0 Å². The molecule has 10 heteroatoms. The van der Waals surface area contributed by atoms with E-state index in [0.29, 0.717) is 46.0 Å². The number of hydrogen-bond acceptors (Lipinski definition) is 3. The van der Waals surface area contributed by atoms with E-state index in [1.807, 2.05) is 118 Å². The number of nitrogens with zero attached hydrogens (tertiary/aromatic N) is 4. The van der Waals surface area contributed by atoms with Crippen molar-refractivity contribution in [2.75, 3.05) is 4.90 Å². The Hall–Kier alpha value is -6.86. The quantitative estimate of drug-likeness (QED) is 0.136. The molecule has 4 nitrogen and oxygen atoms in total. The van der Waals surface area contributed by atoms with E-state index >= 15 is 26.3 Å². The standard InChI is InChI=1S/C51H40F6N4/c1-5-31(2)33(4)60(42-22-11-9-15-32(42)3)45-27-34(30-58)28-46(48(45)47-40(50(52,53)54)20-13-21-41(47)51(55,56)57)61-43-23-12-10-18-38(43)39-29-36(24-25-44(39)61)37-19-14-26-59-49(37)35-16-7-6-8-17-35/h6-29,31,33H,5H2,1-4H3/t31-,33+/m0/s1. The minimum Gasteiger partial charge on any atom is -0.338 e. The predicted molar refractivity (Wildman–Crippen MR) is 232 cm³/mol. The van der Waals surface area contributed by atoms with Crippen LogP contribution in [0.3, 0.4) is 0 Å². The summed E-state index contributed by atoms with van der Waals surface area (Å²) >= 11 is 0. The van der Waals surface area contributed by atoms with Gasteiger partial charge in [-0.2, -0.15) is 31.6 Å². The summed E-state index contributed by atoms with van der Waals surface area (Å²) in [6.45, 7) is 7.73. The van der Waals surface area contributed by atoms with Crippen LogP contribution in [0.2, 0.25) is 0 Å². The lowest BCUT2D eigenvalue weighted by Crippen LogP contribution is -2.35. The molecule has 0 aliphatic carbocycles. The van der Waals surface area contributed by atoms with Gasteiger partial charge >= 0.3 is 12.4 Å². The number of anilines is 2. The Kier molecular flexibility index (Phi) is 10.7. The fourth-order valence-corrected chi connectivity index (χ4v) is 8.46. The van der Waals surface area contributed by atoms with Crippen molar-refractivity contribution in [3.8, 4) is 45.3 Å². The van der Waals surface area contributed by atoms with Crippen LogP contribution in [0.4, 0.5) is 37.7 Å². The average Bonchev–Trinajstić information content (AvgIpc) is 3.59. The Morgan fingerprint density at radius 2 is 1.31 bits per heavy atom. The number of fused-ring (bicyclic) bond motifs is 3. The molecular weight excluding hydrogens is 783 g/mol. The second-order valence-corrected chi connectivity index (χ2v) is 15.4. The van der Waals surface area contributed by atoms with Gasteiger partial charge in [0.25, 0.3) is 0 Å². The van der Waals surface area contributed by atoms with Crippen molar-refractivity contribution in [3.05, 3.63) is 168 Å². The topological polar surface area (TPSA) is 44.9 Å². The van der Waals surface area contributed by atoms with Crippen LogP contribution in [0.15, 0.2) is 146 Å². The minimum absolute atomic E-state index is 0.00325. The summed E-state index contributed by atoms with van der Waals surface area (Å²) in [5.74, 6) is -0.0819. The second kappa shape index (κ2) is 16.0. The molecule has 0 bridgehead atoms. The van der Waals surface area contributed by atoms with Crippen molar-refractivity contribution in [1.82, 2.24) is 9.55 Å². The number of nitriles is 1. The number of alkyl halides is 6. The van der Waals surface area contributed by atoms with E-state index in [1.54, 1.807) is 35.0 Å². The highest BCUT2D eigenvalue weighted by molar-refractivity contribution is 6.12. The van der Waals surface area contributed by atoms with Crippen LogP contribution in [0.25, 0.3) is 61.0 Å². The van der Waals surface area contributed by atoms with Gasteiger partial charge in [0.2, 0.25) is 0 Å². The number of benzene rings is 6. The van der Waals surface area contributed by atoms with E-state index < -0.39 is 35.1 Å². The SMILES string of the molecule is CC[C@H](C)[C@@H](C)N(c1ccccc1C)c1cc(C#N)cc(-n2c3ccccc3c3cc(-c4cccnc4-c4ccccc4)ccc32)c1-c1c(C(F)(F)F)cccc1C(F)(F)F. The number of pyridine rings is 1. The van der Waals surface area contributed by atoms with Crippen molar-refractivity contribution in [1.29, 1.82) is 5.26 Å². The summed E-state index contributed by atoms with van der Waals surface area (Å²) in [7, 11) is 0. The predicted octanol–water partition coefficient (Wildman–Crippen LogP) is 15.0. The molecule has 0 fully saturated rings. The third-order valence-corrected chi connectivity index (χ3v) is 11.7. The molecular formula is C51H40F6N4. The largest absolute Gasteiger partial charge is 0.417 e. The highest BCUT2D eigenvalue weighted by atomic mass is 19.4. The summed E-state index contributed by atoms with van der Waals surface area (Å²) in [5, 5.41) is 12.1. The maximum Gasteiger partial charge on any atom is 0.417 e. The molecule has 0 spiro atoms. The fourth-order valence-electron chi connectivity index (χ4n) is 8.46. The van der Waals surface area contributed by atoms with E-state index in [2.05, 4.69) is 6.07 Å². The van der Waals surface area contributed by atoms with Crippen molar-refractivity contribution < 1.29 is 26.3 Å². The average molecular weight is 823 g/mol. The molecule has 8 aromatic rings. The Labute approximate surface area is 350 Å². The molecule has 0 unspecified atom stereocenters. The first-order chi connectivity index (χ1) is 29.2. The highest BCUT2D eigenvalue weighted by Gasteiger charge is 2.43. The number of aromatic nitrogens is 2. The first-order valence-corrected chi connectivity index (χ1v) is 20.0. The van der Waals surface area contributed by atoms with Gasteiger partial charge in [-0.3, -0.25) is 4.98 Å². The summed E-state index contributed by atoms with van der Waals surface area (Å²) < 4.78 is 94.1. The zero-order valence-electron chi connectivity index (χ0n) is 33.8. The summed E-state index contributed by atoms with van der Waals surface area (Å²) in [4.78, 5) is 6.52. The number of hydrogen-bond donors (Lipinski definition) is 0. The Morgan fingerprint density at radius 1 is 0.656 bits per heavy atom. The Balaban J connectivity index is 1.55. The van der Waals surface area contributed by atoms with E-state index in [9.17, 15) is 5.26 Å². The molecule has 2 aromatic heterocycles. The molecule has 0 N–H and O–H groups in total. The molecule has 0 aliphatic rings. The van der Waals surface area contributed by atoms with Crippen molar-refractivity contribution >= 4 is 33.2 Å². The van der Waals surface area contributed by atoms with Crippen molar-refractivity contribution in [2.24, 2.45) is 5.92 Å². The zero-order chi connectivity index (χ0) is 43.2. The lowest BCUT2D eigenvalue weighted by Gasteiger charge is -2.38. The third-order valence-electron chi connectivity index (χ3n) is 11.7. The number of para-hydroxylation sites is 2. The lowest BCUT2D eigenvalue weighted by atomic mass is 9.88. The molecule has 6 aromatic carbocycles. The van der Waals surface area contributed by atoms with Crippen molar-refractivity contribution in [2.45, 2.75) is 52.5 Å². The lowest BCUT2D eigenvalue weighted by molar-refractivity contribution is -0.142. The Morgan fingerprint density at radius 3 is 1.98 bits per heavy atom. The van der Waals surface area contributed by atoms with Crippen LogP contribution < -0.4 is 4.90 Å². The molecule has 306 valence electrons. The van der Waals surface area contributed by atoms with Crippen molar-refractivity contribution in [3.63, 3.8) is 0 Å². The van der Waals surface area contributed by atoms with Crippen LogP contribution >= 0.6 is 0 Å². The number of halogens is 6. The normalized spacial score (nSPS) is 13.0. The van der Waals surface area contributed by atoms with Gasteiger partial charge in [0.15, 0.2) is 0 Å². The molecule has 2 atom stereocenters. The molecule has 61 heavy (non-hydrogen) atoms. The smallest absolute Gasteiger partial charge is 0.338 e. The molecule has 0 saturated heterocycles. The minimum atomic E-state index is -5.19. The molecule has 8 rings (SSSR count). The molecule has 0 aliphatic heterocycles. The number of rotatable bonds is 9. The van der Waals surface area contributed by atoms with Crippen LogP contribution in [0, 0.1) is 24.2 Å². The monoisotopic (exact) mass is 822 g/mol. The second-order valence-electron chi connectivity index (χ2n) is 15.4. The highest BCUT2D eigenvalue weighted by Crippen LogP contribution is 2.52. The summed E-state index contributed by atoms with van der Waals surface area (Å²) in [6.07, 6.45) is -8.00. The van der Waals surface area contributed by atoms with Gasteiger partial charge in [-0.25, -0.2) is 0 Å². The maximum atomic E-state index is 15.4. The molecule has 0 amide bonds. The maximum absolute atomic E-state index is 15.4. The van der Waals surface area contributed by atoms with Gasteiger partial charge in [-0.1, -0.05) is 105 Å².